The zero-order chi connectivity index (χ0) is 14.9. The molecule has 1 aliphatic rings. The van der Waals surface area contributed by atoms with Crippen LogP contribution in [-0.4, -0.2) is 28.8 Å². The maximum atomic E-state index is 13.5. The summed E-state index contributed by atoms with van der Waals surface area (Å²) >= 11 is 0. The van der Waals surface area contributed by atoms with Crippen LogP contribution in [0.15, 0.2) is 18.2 Å². The van der Waals surface area contributed by atoms with Crippen molar-refractivity contribution in [1.29, 1.82) is 0 Å². The van der Waals surface area contributed by atoms with Crippen LogP contribution >= 0.6 is 0 Å². The Morgan fingerprint density at radius 2 is 2.15 bits per heavy atom. The number of halogens is 1. The Labute approximate surface area is 118 Å². The van der Waals surface area contributed by atoms with Gasteiger partial charge in [0, 0.05) is 17.3 Å². The third kappa shape index (κ3) is 2.53. The molecule has 1 aromatic carbocycles. The third-order valence-corrected chi connectivity index (χ3v) is 3.81. The molecule has 1 fully saturated rings. The lowest BCUT2D eigenvalue weighted by Crippen LogP contribution is -2.40. The summed E-state index contributed by atoms with van der Waals surface area (Å²) in [6.45, 7) is 5.43. The summed E-state index contributed by atoms with van der Waals surface area (Å²) in [5.74, 6) is -0.727. The van der Waals surface area contributed by atoms with E-state index in [1.54, 1.807) is 19.1 Å². The number of likely N-dealkylation sites (tertiary alicyclic amines) is 1. The lowest BCUT2D eigenvalue weighted by Gasteiger charge is -2.22. The molecular formula is C15H19FN2O2. The minimum Gasteiger partial charge on any atom is -0.373 e. The minimum atomic E-state index is -0.600. The number of nitrogens with one attached hydrogen (secondary N) is 1. The Kier molecular flexibility index (Phi) is 4.06. The number of carbonyl (C=O) groups excluding carboxylic acids is 2. The van der Waals surface area contributed by atoms with Crippen LogP contribution in [0.25, 0.3) is 0 Å². The molecule has 0 saturated carbocycles. The molecule has 5 heteroatoms. The molecular weight excluding hydrogens is 259 g/mol. The van der Waals surface area contributed by atoms with E-state index >= 15 is 0 Å². The van der Waals surface area contributed by atoms with Gasteiger partial charge in [-0.05, 0) is 32.4 Å². The maximum absolute atomic E-state index is 13.5. The first-order chi connectivity index (χ1) is 9.45. The highest BCUT2D eigenvalue weighted by Gasteiger charge is 2.40. The van der Waals surface area contributed by atoms with Gasteiger partial charge >= 0.3 is 0 Å². The Hall–Kier alpha value is -1.91. The van der Waals surface area contributed by atoms with E-state index in [4.69, 9.17) is 0 Å². The molecule has 1 N–H and O–H groups in total. The Bertz CT molecular complexity index is 545. The number of benzene rings is 1. The number of amides is 2. The first-order valence-electron chi connectivity index (χ1n) is 6.83. The summed E-state index contributed by atoms with van der Waals surface area (Å²) in [6.07, 6.45) is 0.850. The molecule has 2 amide bonds. The molecule has 1 aromatic rings. The lowest BCUT2D eigenvalue weighted by atomic mass is 10.1. The molecule has 1 saturated heterocycles. The highest BCUT2D eigenvalue weighted by molar-refractivity contribution is 6.07. The van der Waals surface area contributed by atoms with Crippen molar-refractivity contribution in [2.24, 2.45) is 0 Å². The van der Waals surface area contributed by atoms with E-state index in [9.17, 15) is 14.0 Å². The van der Waals surface area contributed by atoms with E-state index in [2.05, 4.69) is 5.32 Å². The van der Waals surface area contributed by atoms with E-state index in [0.29, 0.717) is 11.3 Å². The van der Waals surface area contributed by atoms with Crippen LogP contribution < -0.4 is 5.32 Å². The van der Waals surface area contributed by atoms with Crippen LogP contribution in [0.3, 0.4) is 0 Å². The van der Waals surface area contributed by atoms with Crippen LogP contribution in [0.1, 0.15) is 32.3 Å². The van der Waals surface area contributed by atoms with E-state index in [1.165, 1.54) is 11.0 Å². The van der Waals surface area contributed by atoms with Gasteiger partial charge in [0.05, 0.1) is 6.42 Å². The number of nitrogens with zero attached hydrogens (tertiary/aromatic N) is 1. The van der Waals surface area contributed by atoms with E-state index < -0.39 is 6.04 Å². The van der Waals surface area contributed by atoms with Crippen molar-refractivity contribution in [3.63, 3.8) is 0 Å². The average molecular weight is 278 g/mol. The predicted octanol–water partition coefficient (Wildman–Crippen LogP) is 2.47. The van der Waals surface area contributed by atoms with Crippen molar-refractivity contribution in [1.82, 2.24) is 4.90 Å². The first-order valence-corrected chi connectivity index (χ1v) is 6.83. The lowest BCUT2D eigenvalue weighted by molar-refractivity contribution is -0.140. The van der Waals surface area contributed by atoms with Gasteiger partial charge < -0.3 is 5.32 Å². The van der Waals surface area contributed by atoms with Crippen molar-refractivity contribution in [2.75, 3.05) is 5.32 Å². The van der Waals surface area contributed by atoms with Gasteiger partial charge in [0.25, 0.3) is 5.91 Å². The van der Waals surface area contributed by atoms with Gasteiger partial charge in [-0.2, -0.15) is 0 Å². The zero-order valence-electron chi connectivity index (χ0n) is 11.9. The van der Waals surface area contributed by atoms with Gasteiger partial charge in [0.15, 0.2) is 0 Å². The fourth-order valence-corrected chi connectivity index (χ4v) is 2.36. The molecule has 2 rings (SSSR count). The standard InChI is InChI=1S/C15H19FN2O2/c1-4-9(2)18-14(19)8-13(15(18)20)17-12-7-5-6-11(16)10(12)3/h5-7,9,13,17H,4,8H2,1-3H3. The molecule has 1 heterocycles. The second-order valence-electron chi connectivity index (χ2n) is 5.17. The summed E-state index contributed by atoms with van der Waals surface area (Å²) in [7, 11) is 0. The van der Waals surface area contributed by atoms with E-state index in [-0.39, 0.29) is 30.1 Å². The number of anilines is 1. The number of rotatable bonds is 4. The topological polar surface area (TPSA) is 49.4 Å². The van der Waals surface area contributed by atoms with Gasteiger partial charge in [-0.15, -0.1) is 0 Å². The second kappa shape index (κ2) is 5.61. The molecule has 0 aliphatic carbocycles. The molecule has 4 nitrogen and oxygen atoms in total. The summed E-state index contributed by atoms with van der Waals surface area (Å²) in [4.78, 5) is 25.5. The fourth-order valence-electron chi connectivity index (χ4n) is 2.36. The van der Waals surface area contributed by atoms with Gasteiger partial charge in [-0.3, -0.25) is 14.5 Å². The maximum Gasteiger partial charge on any atom is 0.252 e. The molecule has 0 spiro atoms. The molecule has 1 aliphatic heterocycles. The molecule has 108 valence electrons. The first kappa shape index (κ1) is 14.5. The van der Waals surface area contributed by atoms with Gasteiger partial charge in [0.1, 0.15) is 11.9 Å². The fraction of sp³-hybridized carbons (Fsp3) is 0.467. The normalized spacial score (nSPS) is 20.4. The van der Waals surface area contributed by atoms with E-state index in [1.807, 2.05) is 13.8 Å². The Morgan fingerprint density at radius 3 is 2.80 bits per heavy atom. The summed E-state index contributed by atoms with van der Waals surface area (Å²) in [6, 6.07) is 3.96. The van der Waals surface area contributed by atoms with Crippen LogP contribution in [0.4, 0.5) is 10.1 Å². The van der Waals surface area contributed by atoms with Crippen molar-refractivity contribution in [3.05, 3.63) is 29.6 Å². The predicted molar refractivity (Wildman–Crippen MR) is 74.8 cm³/mol. The van der Waals surface area contributed by atoms with Crippen LogP contribution in [0.5, 0.6) is 0 Å². The highest BCUT2D eigenvalue weighted by atomic mass is 19.1. The average Bonchev–Trinajstić information content (AvgIpc) is 2.69. The quantitative estimate of drug-likeness (QED) is 0.861. The largest absolute Gasteiger partial charge is 0.373 e. The van der Waals surface area contributed by atoms with Crippen LogP contribution in [-0.2, 0) is 9.59 Å². The molecule has 0 bridgehead atoms. The van der Waals surface area contributed by atoms with Gasteiger partial charge in [0.2, 0.25) is 5.91 Å². The third-order valence-electron chi connectivity index (χ3n) is 3.81. The van der Waals surface area contributed by atoms with Crippen molar-refractivity contribution in [3.8, 4) is 0 Å². The van der Waals surface area contributed by atoms with Crippen molar-refractivity contribution >= 4 is 17.5 Å². The number of imide groups is 1. The number of hydrogen-bond acceptors (Lipinski definition) is 3. The van der Waals surface area contributed by atoms with Gasteiger partial charge in [-0.1, -0.05) is 13.0 Å². The molecule has 20 heavy (non-hydrogen) atoms. The van der Waals surface area contributed by atoms with Crippen molar-refractivity contribution in [2.45, 2.75) is 45.7 Å². The summed E-state index contributed by atoms with van der Waals surface area (Å²) in [5, 5.41) is 2.99. The van der Waals surface area contributed by atoms with E-state index in [0.717, 1.165) is 6.42 Å². The second-order valence-corrected chi connectivity index (χ2v) is 5.17. The number of carbonyl (C=O) groups is 2. The smallest absolute Gasteiger partial charge is 0.252 e. The molecule has 0 aromatic heterocycles. The molecule has 2 atom stereocenters. The summed E-state index contributed by atoms with van der Waals surface area (Å²) < 4.78 is 13.5. The Balaban J connectivity index is 2.17. The zero-order valence-corrected chi connectivity index (χ0v) is 11.9. The minimum absolute atomic E-state index is 0.101. The van der Waals surface area contributed by atoms with Gasteiger partial charge in [-0.25, -0.2) is 4.39 Å². The van der Waals surface area contributed by atoms with Crippen LogP contribution in [0.2, 0.25) is 0 Å². The van der Waals surface area contributed by atoms with Crippen LogP contribution in [0, 0.1) is 12.7 Å². The van der Waals surface area contributed by atoms with Crippen molar-refractivity contribution < 1.29 is 14.0 Å². The molecule has 0 radical (unpaired) electrons. The highest BCUT2D eigenvalue weighted by Crippen LogP contribution is 2.24. The SMILES string of the molecule is CCC(C)N1C(=O)CC(Nc2cccc(F)c2C)C1=O. The monoisotopic (exact) mass is 278 g/mol. The summed E-state index contributed by atoms with van der Waals surface area (Å²) in [5.41, 5.74) is 1.01. The number of hydrogen-bond donors (Lipinski definition) is 1. The Morgan fingerprint density at radius 1 is 1.45 bits per heavy atom. The molecule has 2 unspecified atom stereocenters.